The fraction of sp³-hybridized carbons (Fsp3) is 0.130. The lowest BCUT2D eigenvalue weighted by Gasteiger charge is -2.23. The van der Waals surface area contributed by atoms with Gasteiger partial charge in [-0.15, -0.1) is 0 Å². The molecule has 0 saturated carbocycles. The molecule has 0 radical (unpaired) electrons. The molecule has 3 aromatic carbocycles. The zero-order valence-corrected chi connectivity index (χ0v) is 16.0. The Morgan fingerprint density at radius 2 is 1.45 bits per heavy atom. The molecule has 29 heavy (non-hydrogen) atoms. The third-order valence-electron chi connectivity index (χ3n) is 5.00. The molecular formula is C23H19F2N3O. The normalized spacial score (nSPS) is 11.2. The second-order valence-electron chi connectivity index (χ2n) is 6.82. The van der Waals surface area contributed by atoms with Crippen molar-refractivity contribution in [1.29, 1.82) is 0 Å². The minimum absolute atomic E-state index is 0.219. The highest BCUT2D eigenvalue weighted by Gasteiger charge is 2.22. The highest BCUT2D eigenvalue weighted by atomic mass is 19.1. The highest BCUT2D eigenvalue weighted by molar-refractivity contribution is 5.81. The van der Waals surface area contributed by atoms with Crippen molar-refractivity contribution in [2.45, 2.75) is 13.0 Å². The molecule has 0 saturated heterocycles. The Morgan fingerprint density at radius 1 is 0.897 bits per heavy atom. The molecule has 1 N–H and O–H groups in total. The number of hydrogen-bond acceptors (Lipinski definition) is 3. The van der Waals surface area contributed by atoms with E-state index in [4.69, 9.17) is 0 Å². The van der Waals surface area contributed by atoms with Crippen LogP contribution in [-0.2, 0) is 0 Å². The molecule has 0 aliphatic rings. The molecule has 1 aromatic heterocycles. The number of fused-ring (bicyclic) bond motifs is 1. The van der Waals surface area contributed by atoms with Crippen molar-refractivity contribution in [3.8, 4) is 0 Å². The van der Waals surface area contributed by atoms with Crippen molar-refractivity contribution in [1.82, 2.24) is 9.55 Å². The molecule has 4 rings (SSSR count). The Hall–Kier alpha value is -3.54. The van der Waals surface area contributed by atoms with Crippen LogP contribution >= 0.6 is 0 Å². The average Bonchev–Trinajstić information content (AvgIpc) is 2.73. The molecule has 0 fully saturated rings. The van der Waals surface area contributed by atoms with Gasteiger partial charge in [-0.3, -0.25) is 9.36 Å². The van der Waals surface area contributed by atoms with Gasteiger partial charge in [0.05, 0.1) is 16.9 Å². The second kappa shape index (κ2) is 7.47. The number of halogens is 2. The first-order valence-corrected chi connectivity index (χ1v) is 9.19. The van der Waals surface area contributed by atoms with Gasteiger partial charge in [0, 0.05) is 12.7 Å². The summed E-state index contributed by atoms with van der Waals surface area (Å²) in [5.74, 6) is -0.227. The predicted octanol–water partition coefficient (Wildman–Crippen LogP) is 4.66. The van der Waals surface area contributed by atoms with Crippen LogP contribution in [0.2, 0.25) is 0 Å². The molecule has 146 valence electrons. The van der Waals surface area contributed by atoms with Crippen molar-refractivity contribution in [2.24, 2.45) is 0 Å². The number of anilines is 1. The Balaban J connectivity index is 2.01. The summed E-state index contributed by atoms with van der Waals surface area (Å²) >= 11 is 0. The van der Waals surface area contributed by atoms with Crippen LogP contribution in [0.3, 0.4) is 0 Å². The van der Waals surface area contributed by atoms with E-state index < -0.39 is 6.04 Å². The first-order valence-electron chi connectivity index (χ1n) is 9.19. The maximum atomic E-state index is 13.5. The number of benzene rings is 3. The van der Waals surface area contributed by atoms with E-state index in [0.29, 0.717) is 27.9 Å². The maximum Gasteiger partial charge on any atom is 0.262 e. The van der Waals surface area contributed by atoms with Crippen LogP contribution in [0, 0.1) is 18.6 Å². The Bertz CT molecular complexity index is 1190. The molecule has 0 unspecified atom stereocenters. The van der Waals surface area contributed by atoms with Crippen molar-refractivity contribution in [2.75, 3.05) is 12.4 Å². The highest BCUT2D eigenvalue weighted by Crippen LogP contribution is 2.28. The van der Waals surface area contributed by atoms with Crippen molar-refractivity contribution in [3.63, 3.8) is 0 Å². The van der Waals surface area contributed by atoms with Crippen LogP contribution in [0.4, 0.5) is 14.5 Å². The number of aryl methyl sites for hydroxylation is 1. The quantitative estimate of drug-likeness (QED) is 0.550. The average molecular weight is 391 g/mol. The number of nitrogens with one attached hydrogen (secondary N) is 1. The van der Waals surface area contributed by atoms with Gasteiger partial charge in [-0.1, -0.05) is 24.3 Å². The molecule has 0 amide bonds. The monoisotopic (exact) mass is 391 g/mol. The summed E-state index contributed by atoms with van der Waals surface area (Å²) < 4.78 is 28.6. The van der Waals surface area contributed by atoms with Gasteiger partial charge in [-0.25, -0.2) is 13.8 Å². The molecule has 0 aliphatic carbocycles. The van der Waals surface area contributed by atoms with Gasteiger partial charge in [0.1, 0.15) is 17.5 Å². The molecule has 0 atom stereocenters. The molecule has 0 spiro atoms. The van der Waals surface area contributed by atoms with Crippen LogP contribution < -0.4 is 10.9 Å². The predicted molar refractivity (Wildman–Crippen MR) is 110 cm³/mol. The summed E-state index contributed by atoms with van der Waals surface area (Å²) in [6.07, 6.45) is 0. The second-order valence-corrected chi connectivity index (χ2v) is 6.82. The van der Waals surface area contributed by atoms with Gasteiger partial charge >= 0.3 is 0 Å². The van der Waals surface area contributed by atoms with Crippen molar-refractivity contribution < 1.29 is 8.78 Å². The van der Waals surface area contributed by atoms with E-state index in [-0.39, 0.29) is 17.2 Å². The lowest BCUT2D eigenvalue weighted by Crippen LogP contribution is -2.29. The summed E-state index contributed by atoms with van der Waals surface area (Å²) in [6.45, 7) is 1.76. The van der Waals surface area contributed by atoms with Gasteiger partial charge in [-0.2, -0.15) is 0 Å². The molecule has 0 bridgehead atoms. The van der Waals surface area contributed by atoms with Crippen LogP contribution in [0.15, 0.2) is 71.5 Å². The third kappa shape index (κ3) is 3.49. The van der Waals surface area contributed by atoms with Gasteiger partial charge in [0.15, 0.2) is 0 Å². The van der Waals surface area contributed by atoms with Crippen molar-refractivity contribution >= 4 is 16.6 Å². The molecule has 0 aliphatic heterocycles. The van der Waals surface area contributed by atoms with E-state index in [2.05, 4.69) is 10.3 Å². The Kier molecular flexibility index (Phi) is 4.84. The van der Waals surface area contributed by atoms with Crippen LogP contribution in [0.5, 0.6) is 0 Å². The van der Waals surface area contributed by atoms with E-state index in [9.17, 15) is 13.6 Å². The summed E-state index contributed by atoms with van der Waals surface area (Å²) in [4.78, 5) is 18.1. The van der Waals surface area contributed by atoms with E-state index in [1.54, 1.807) is 54.9 Å². The van der Waals surface area contributed by atoms with E-state index in [0.717, 1.165) is 5.69 Å². The fourth-order valence-electron chi connectivity index (χ4n) is 3.55. The van der Waals surface area contributed by atoms with E-state index >= 15 is 0 Å². The zero-order chi connectivity index (χ0) is 20.5. The van der Waals surface area contributed by atoms with Crippen molar-refractivity contribution in [3.05, 3.63) is 106 Å². The fourth-order valence-corrected chi connectivity index (χ4v) is 3.55. The first kappa shape index (κ1) is 18.8. The molecular weight excluding hydrogens is 372 g/mol. The number of hydrogen-bond donors (Lipinski definition) is 1. The third-order valence-corrected chi connectivity index (χ3v) is 5.00. The summed E-state index contributed by atoms with van der Waals surface area (Å²) in [5.41, 5.74) is 2.58. The molecule has 4 nitrogen and oxygen atoms in total. The maximum absolute atomic E-state index is 13.5. The van der Waals surface area contributed by atoms with E-state index in [1.807, 2.05) is 6.07 Å². The minimum atomic E-state index is -0.571. The van der Waals surface area contributed by atoms with Crippen LogP contribution in [0.25, 0.3) is 10.9 Å². The van der Waals surface area contributed by atoms with Crippen LogP contribution in [-0.4, -0.2) is 16.6 Å². The SMILES string of the molecule is CNc1ccc2nc(C)n(C(c3ccc(F)cc3)c3ccc(F)cc3)c(=O)c2c1. The number of rotatable bonds is 4. The standard InChI is InChI=1S/C23H19F2N3O/c1-14-27-21-12-11-19(26-2)13-20(21)23(29)28(14)22(15-3-7-17(24)8-4-15)16-5-9-18(25)10-6-16/h3-13,22,26H,1-2H3. The molecule has 6 heteroatoms. The lowest BCUT2D eigenvalue weighted by molar-refractivity contribution is 0.602. The zero-order valence-electron chi connectivity index (χ0n) is 16.0. The number of nitrogens with zero attached hydrogens (tertiary/aromatic N) is 2. The molecule has 1 heterocycles. The number of aromatic nitrogens is 2. The van der Waals surface area contributed by atoms with Crippen LogP contribution in [0.1, 0.15) is 23.0 Å². The van der Waals surface area contributed by atoms with E-state index in [1.165, 1.54) is 24.3 Å². The summed E-state index contributed by atoms with van der Waals surface area (Å²) in [7, 11) is 1.78. The minimum Gasteiger partial charge on any atom is -0.388 e. The first-order chi connectivity index (χ1) is 14.0. The summed E-state index contributed by atoms with van der Waals surface area (Å²) in [6, 6.07) is 16.7. The Labute approximate surface area is 166 Å². The van der Waals surface area contributed by atoms with Gasteiger partial charge in [-0.05, 0) is 60.5 Å². The lowest BCUT2D eigenvalue weighted by atomic mass is 9.97. The van der Waals surface area contributed by atoms with Gasteiger partial charge < -0.3 is 5.32 Å². The molecule has 4 aromatic rings. The summed E-state index contributed by atoms with van der Waals surface area (Å²) in [5, 5.41) is 3.50. The van der Waals surface area contributed by atoms with Gasteiger partial charge in [0.2, 0.25) is 0 Å². The topological polar surface area (TPSA) is 46.9 Å². The largest absolute Gasteiger partial charge is 0.388 e. The Morgan fingerprint density at radius 3 is 1.97 bits per heavy atom. The smallest absolute Gasteiger partial charge is 0.262 e. The van der Waals surface area contributed by atoms with Gasteiger partial charge in [0.25, 0.3) is 5.56 Å².